The van der Waals surface area contributed by atoms with E-state index in [1.54, 1.807) is 6.92 Å². The molecule has 0 bridgehead atoms. The molecular formula is C10H9F3N2O2S. The zero-order valence-corrected chi connectivity index (χ0v) is 10.1. The molecule has 2 rings (SSSR count). The van der Waals surface area contributed by atoms with Crippen LogP contribution in [0.15, 0.2) is 17.4 Å². The number of alkyl halides is 3. The quantitative estimate of drug-likeness (QED) is 0.613. The lowest BCUT2D eigenvalue weighted by atomic mass is 10.3. The van der Waals surface area contributed by atoms with E-state index >= 15 is 0 Å². The third kappa shape index (κ3) is 2.92. The van der Waals surface area contributed by atoms with E-state index in [9.17, 15) is 18.0 Å². The Morgan fingerprint density at radius 3 is 2.78 bits per heavy atom. The van der Waals surface area contributed by atoms with Crippen LogP contribution in [0.3, 0.4) is 0 Å². The summed E-state index contributed by atoms with van der Waals surface area (Å²) in [5.41, 5.74) is -1.01. The lowest BCUT2D eigenvalue weighted by Crippen LogP contribution is -2.12. The maximum absolute atomic E-state index is 12.4. The van der Waals surface area contributed by atoms with E-state index in [4.69, 9.17) is 4.74 Å². The molecule has 4 nitrogen and oxygen atoms in total. The number of carbonyl (C=O) groups excluding carboxylic acids is 1. The Morgan fingerprint density at radius 1 is 1.50 bits per heavy atom. The normalized spacial score (nSPS) is 24.1. The number of hydrogen-bond acceptors (Lipinski definition) is 5. The van der Waals surface area contributed by atoms with Crippen molar-refractivity contribution in [3.05, 3.63) is 18.0 Å². The predicted octanol–water partition coefficient (Wildman–Crippen LogP) is 2.29. The van der Waals surface area contributed by atoms with Gasteiger partial charge in [0, 0.05) is 12.6 Å². The number of rotatable bonds is 2. The molecule has 1 aromatic rings. The van der Waals surface area contributed by atoms with Gasteiger partial charge in [0.25, 0.3) is 0 Å². The Labute approximate surface area is 105 Å². The van der Waals surface area contributed by atoms with Gasteiger partial charge in [-0.15, -0.1) is 0 Å². The van der Waals surface area contributed by atoms with E-state index in [2.05, 4.69) is 9.97 Å². The minimum Gasteiger partial charge on any atom is -0.462 e. The fourth-order valence-corrected chi connectivity index (χ4v) is 2.55. The Hall–Kier alpha value is -1.31. The summed E-state index contributed by atoms with van der Waals surface area (Å²) in [5.74, 6) is -0.437. The molecule has 0 radical (unpaired) electrons. The molecule has 1 aliphatic rings. The van der Waals surface area contributed by atoms with Gasteiger partial charge in [-0.25, -0.2) is 9.97 Å². The first-order valence-electron chi connectivity index (χ1n) is 5.13. The van der Waals surface area contributed by atoms with Crippen molar-refractivity contribution in [3.8, 4) is 0 Å². The van der Waals surface area contributed by atoms with Crippen LogP contribution in [0, 0.1) is 0 Å². The van der Waals surface area contributed by atoms with Crippen molar-refractivity contribution in [3.63, 3.8) is 0 Å². The van der Waals surface area contributed by atoms with Crippen molar-refractivity contribution in [2.45, 2.75) is 36.0 Å². The van der Waals surface area contributed by atoms with Gasteiger partial charge in [0.2, 0.25) is 0 Å². The van der Waals surface area contributed by atoms with Crippen LogP contribution in [0.4, 0.5) is 13.2 Å². The van der Waals surface area contributed by atoms with Gasteiger partial charge in [0.15, 0.2) is 5.16 Å². The molecule has 0 saturated carbocycles. The molecule has 98 valence electrons. The highest BCUT2D eigenvalue weighted by atomic mass is 32.2. The first-order chi connectivity index (χ1) is 8.36. The van der Waals surface area contributed by atoms with Crippen molar-refractivity contribution < 1.29 is 22.7 Å². The summed E-state index contributed by atoms with van der Waals surface area (Å²) in [7, 11) is 0. The number of halogens is 3. The van der Waals surface area contributed by atoms with Crippen molar-refractivity contribution >= 4 is 17.7 Å². The molecule has 1 fully saturated rings. The van der Waals surface area contributed by atoms with Crippen LogP contribution in [0.2, 0.25) is 0 Å². The molecule has 0 spiro atoms. The first kappa shape index (κ1) is 13.1. The van der Waals surface area contributed by atoms with Gasteiger partial charge in [-0.2, -0.15) is 13.2 Å². The van der Waals surface area contributed by atoms with Crippen molar-refractivity contribution in [2.24, 2.45) is 0 Å². The smallest absolute Gasteiger partial charge is 0.433 e. The Bertz CT molecular complexity index is 467. The number of aromatic nitrogens is 2. The second kappa shape index (κ2) is 4.75. The minimum atomic E-state index is -4.51. The zero-order valence-electron chi connectivity index (χ0n) is 9.27. The third-order valence-electron chi connectivity index (χ3n) is 2.30. The van der Waals surface area contributed by atoms with Gasteiger partial charge in [0.1, 0.15) is 17.0 Å². The van der Waals surface area contributed by atoms with Crippen molar-refractivity contribution in [1.29, 1.82) is 0 Å². The fourth-order valence-electron chi connectivity index (χ4n) is 1.50. The molecule has 1 aliphatic heterocycles. The van der Waals surface area contributed by atoms with E-state index in [0.717, 1.165) is 24.0 Å². The Morgan fingerprint density at radius 2 is 2.22 bits per heavy atom. The van der Waals surface area contributed by atoms with Crippen molar-refractivity contribution in [2.75, 3.05) is 0 Å². The predicted molar refractivity (Wildman–Crippen MR) is 56.9 cm³/mol. The Balaban J connectivity index is 2.13. The summed E-state index contributed by atoms with van der Waals surface area (Å²) in [4.78, 5) is 18.5. The molecule has 18 heavy (non-hydrogen) atoms. The molecule has 2 atom stereocenters. The molecular weight excluding hydrogens is 269 g/mol. The minimum absolute atomic E-state index is 0.0686. The van der Waals surface area contributed by atoms with Gasteiger partial charge < -0.3 is 4.74 Å². The zero-order chi connectivity index (χ0) is 13.3. The van der Waals surface area contributed by atoms with E-state index in [-0.39, 0.29) is 11.3 Å². The van der Waals surface area contributed by atoms with Gasteiger partial charge in [-0.3, -0.25) is 4.79 Å². The van der Waals surface area contributed by atoms with E-state index in [0.29, 0.717) is 6.42 Å². The number of thioether (sulfide) groups is 1. The van der Waals surface area contributed by atoms with Crippen LogP contribution >= 0.6 is 11.8 Å². The monoisotopic (exact) mass is 278 g/mol. The van der Waals surface area contributed by atoms with Crippen LogP contribution in [0.25, 0.3) is 0 Å². The van der Waals surface area contributed by atoms with E-state index in [1.165, 1.54) is 0 Å². The summed E-state index contributed by atoms with van der Waals surface area (Å²) in [5, 5.41) is -0.607. The van der Waals surface area contributed by atoms with Crippen molar-refractivity contribution in [1.82, 2.24) is 9.97 Å². The summed E-state index contributed by atoms with van der Waals surface area (Å²) in [6, 6.07) is 0.791. The third-order valence-corrected chi connectivity index (χ3v) is 3.37. The van der Waals surface area contributed by atoms with E-state index < -0.39 is 23.1 Å². The van der Waals surface area contributed by atoms with Crippen LogP contribution in [0.5, 0.6) is 0 Å². The highest BCUT2D eigenvalue weighted by molar-refractivity contribution is 8.00. The SMILES string of the molecule is CC1CC(Sc2nccc(C(F)(F)F)n2)C(=O)O1. The summed E-state index contributed by atoms with van der Waals surface area (Å²) in [6.45, 7) is 1.73. The Kier molecular flexibility index (Phi) is 3.47. The number of carbonyl (C=O) groups is 1. The second-order valence-electron chi connectivity index (χ2n) is 3.81. The largest absolute Gasteiger partial charge is 0.462 e. The topological polar surface area (TPSA) is 52.1 Å². The summed E-state index contributed by atoms with van der Waals surface area (Å²) < 4.78 is 42.2. The van der Waals surface area contributed by atoms with Crippen LogP contribution < -0.4 is 0 Å². The molecule has 0 N–H and O–H groups in total. The fraction of sp³-hybridized carbons (Fsp3) is 0.500. The highest BCUT2D eigenvalue weighted by Crippen LogP contribution is 2.32. The molecule has 0 aliphatic carbocycles. The van der Waals surface area contributed by atoms with Crippen LogP contribution in [-0.2, 0) is 15.7 Å². The lowest BCUT2D eigenvalue weighted by molar-refractivity contribution is -0.141. The molecule has 0 amide bonds. The molecule has 1 saturated heterocycles. The molecule has 2 heterocycles. The number of nitrogens with zero attached hydrogens (tertiary/aromatic N) is 2. The maximum atomic E-state index is 12.4. The average molecular weight is 278 g/mol. The van der Waals surface area contributed by atoms with Crippen LogP contribution in [0.1, 0.15) is 19.0 Å². The summed E-state index contributed by atoms with van der Waals surface area (Å²) in [6.07, 6.45) is -3.26. The van der Waals surface area contributed by atoms with Crippen LogP contribution in [-0.4, -0.2) is 27.3 Å². The van der Waals surface area contributed by atoms with Gasteiger partial charge in [0.05, 0.1) is 0 Å². The van der Waals surface area contributed by atoms with Gasteiger partial charge in [-0.05, 0) is 13.0 Å². The van der Waals surface area contributed by atoms with E-state index in [1.807, 2.05) is 0 Å². The standard InChI is InChI=1S/C10H9F3N2O2S/c1-5-4-6(8(16)17-5)18-9-14-3-2-7(15-9)10(11,12)13/h2-3,5-6H,4H2,1H3. The molecule has 0 aromatic carbocycles. The number of hydrogen-bond donors (Lipinski definition) is 0. The average Bonchev–Trinajstić information content (AvgIpc) is 2.56. The number of esters is 1. The first-order valence-corrected chi connectivity index (χ1v) is 6.01. The molecule has 2 unspecified atom stereocenters. The second-order valence-corrected chi connectivity index (χ2v) is 4.98. The number of ether oxygens (including phenoxy) is 1. The maximum Gasteiger partial charge on any atom is 0.433 e. The molecule has 8 heteroatoms. The van der Waals surface area contributed by atoms with Gasteiger partial charge in [-0.1, -0.05) is 11.8 Å². The van der Waals surface area contributed by atoms with Gasteiger partial charge >= 0.3 is 12.1 Å². The summed E-state index contributed by atoms with van der Waals surface area (Å²) >= 11 is 0.897. The number of cyclic esters (lactones) is 1. The lowest BCUT2D eigenvalue weighted by Gasteiger charge is -2.07. The highest BCUT2D eigenvalue weighted by Gasteiger charge is 2.35. The molecule has 1 aromatic heterocycles.